The quantitative estimate of drug-likeness (QED) is 0.396. The van der Waals surface area contributed by atoms with E-state index in [4.69, 9.17) is 0 Å². The van der Waals surface area contributed by atoms with Gasteiger partial charge in [0.05, 0.1) is 6.04 Å². The van der Waals surface area contributed by atoms with Crippen molar-refractivity contribution in [2.24, 2.45) is 5.92 Å². The molecule has 1 aliphatic heterocycles. The lowest BCUT2D eigenvalue weighted by Crippen LogP contribution is -2.57. The first-order chi connectivity index (χ1) is 14.8. The largest absolute Gasteiger partial charge is 0.376 e. The van der Waals surface area contributed by atoms with Crippen LogP contribution in [0.15, 0.2) is 30.3 Å². The summed E-state index contributed by atoms with van der Waals surface area (Å²) in [7, 11) is 0. The first-order valence-corrected chi connectivity index (χ1v) is 11.1. The molecule has 8 heteroatoms. The summed E-state index contributed by atoms with van der Waals surface area (Å²) in [6.07, 6.45) is 2.47. The molecule has 2 rings (SSSR count). The molecule has 31 heavy (non-hydrogen) atoms. The number of nitrogens with one attached hydrogen (secondary N) is 4. The molecule has 0 aliphatic carbocycles. The van der Waals surface area contributed by atoms with Crippen LogP contribution in [-0.4, -0.2) is 53.7 Å². The Morgan fingerprint density at radius 2 is 1.77 bits per heavy atom. The molecule has 3 amide bonds. The fourth-order valence-electron chi connectivity index (χ4n) is 3.75. The van der Waals surface area contributed by atoms with E-state index in [9.17, 15) is 19.5 Å². The van der Waals surface area contributed by atoms with E-state index in [1.807, 2.05) is 44.2 Å². The maximum atomic E-state index is 13.0. The molecule has 1 unspecified atom stereocenters. The minimum atomic E-state index is -0.813. The first-order valence-electron chi connectivity index (χ1n) is 11.1. The second kappa shape index (κ2) is 12.4. The Morgan fingerprint density at radius 3 is 2.42 bits per heavy atom. The topological polar surface area (TPSA) is 120 Å². The van der Waals surface area contributed by atoms with Crippen molar-refractivity contribution in [1.82, 2.24) is 21.3 Å². The summed E-state index contributed by atoms with van der Waals surface area (Å²) in [5, 5.41) is 21.6. The van der Waals surface area contributed by atoms with Crippen LogP contribution in [0.25, 0.3) is 0 Å². The Labute approximate surface area is 184 Å². The van der Waals surface area contributed by atoms with E-state index >= 15 is 0 Å². The van der Waals surface area contributed by atoms with Gasteiger partial charge < -0.3 is 21.1 Å². The number of carbonyl (C=O) groups excluding carboxylic acids is 3. The normalized spacial score (nSPS) is 20.9. The van der Waals surface area contributed by atoms with Gasteiger partial charge in [-0.05, 0) is 43.7 Å². The molecular weight excluding hydrogens is 396 g/mol. The zero-order valence-corrected chi connectivity index (χ0v) is 18.7. The van der Waals surface area contributed by atoms with E-state index in [1.165, 1.54) is 6.92 Å². The van der Waals surface area contributed by atoms with Crippen LogP contribution in [0.3, 0.4) is 0 Å². The Morgan fingerprint density at radius 1 is 1.06 bits per heavy atom. The minimum absolute atomic E-state index is 0.168. The van der Waals surface area contributed by atoms with Gasteiger partial charge in [-0.15, -0.1) is 0 Å². The zero-order chi connectivity index (χ0) is 22.8. The molecule has 1 aromatic carbocycles. The summed E-state index contributed by atoms with van der Waals surface area (Å²) >= 11 is 0. The van der Waals surface area contributed by atoms with Crippen molar-refractivity contribution in [3.8, 4) is 0 Å². The third-order valence-corrected chi connectivity index (χ3v) is 5.32. The molecular formula is C23H36N4O4. The van der Waals surface area contributed by atoms with Gasteiger partial charge in [0.1, 0.15) is 18.3 Å². The van der Waals surface area contributed by atoms with E-state index in [2.05, 4.69) is 21.3 Å². The van der Waals surface area contributed by atoms with E-state index in [0.717, 1.165) is 18.4 Å². The van der Waals surface area contributed by atoms with Crippen LogP contribution in [0.5, 0.6) is 0 Å². The molecule has 0 saturated carbocycles. The average molecular weight is 433 g/mol. The fraction of sp³-hybridized carbons (Fsp3) is 0.609. The molecule has 0 bridgehead atoms. The average Bonchev–Trinajstić information content (AvgIpc) is 2.91. The third kappa shape index (κ3) is 8.67. The van der Waals surface area contributed by atoms with Gasteiger partial charge >= 0.3 is 0 Å². The number of carbonyl (C=O) groups is 3. The van der Waals surface area contributed by atoms with E-state index < -0.39 is 30.3 Å². The van der Waals surface area contributed by atoms with Gasteiger partial charge in [-0.1, -0.05) is 44.2 Å². The molecule has 1 fully saturated rings. The van der Waals surface area contributed by atoms with Crippen LogP contribution in [0, 0.1) is 5.92 Å². The van der Waals surface area contributed by atoms with Crippen LogP contribution in [-0.2, 0) is 20.8 Å². The van der Waals surface area contributed by atoms with Crippen LogP contribution in [0.1, 0.15) is 52.0 Å². The number of rotatable bonds is 9. The van der Waals surface area contributed by atoms with Crippen molar-refractivity contribution in [3.05, 3.63) is 35.9 Å². The van der Waals surface area contributed by atoms with Crippen LogP contribution >= 0.6 is 0 Å². The first kappa shape index (κ1) is 24.8. The Bertz CT molecular complexity index is 726. The Balaban J connectivity index is 2.09. The lowest BCUT2D eigenvalue weighted by atomic mass is 10.0. The summed E-state index contributed by atoms with van der Waals surface area (Å²) in [6.45, 7) is 6.02. The number of hydrogen-bond acceptors (Lipinski definition) is 5. The Hall–Kier alpha value is -2.45. The van der Waals surface area contributed by atoms with Gasteiger partial charge in [-0.3, -0.25) is 19.7 Å². The van der Waals surface area contributed by atoms with Gasteiger partial charge in [0.25, 0.3) is 0 Å². The van der Waals surface area contributed by atoms with Crippen LogP contribution in [0.4, 0.5) is 0 Å². The smallest absolute Gasteiger partial charge is 0.243 e. The molecule has 4 atom stereocenters. The predicted octanol–water partition coefficient (Wildman–Crippen LogP) is 0.841. The van der Waals surface area contributed by atoms with Crippen LogP contribution < -0.4 is 21.3 Å². The van der Waals surface area contributed by atoms with Crippen molar-refractivity contribution in [3.63, 3.8) is 0 Å². The minimum Gasteiger partial charge on any atom is -0.376 e. The van der Waals surface area contributed by atoms with Gasteiger partial charge in [0.2, 0.25) is 17.7 Å². The van der Waals surface area contributed by atoms with Crippen molar-refractivity contribution < 1.29 is 19.5 Å². The predicted molar refractivity (Wildman–Crippen MR) is 119 cm³/mol. The van der Waals surface area contributed by atoms with Crippen molar-refractivity contribution in [2.45, 2.75) is 77.2 Å². The highest BCUT2D eigenvalue weighted by atomic mass is 16.3. The van der Waals surface area contributed by atoms with Gasteiger partial charge in [0, 0.05) is 13.3 Å². The van der Waals surface area contributed by atoms with Crippen molar-refractivity contribution in [2.75, 3.05) is 6.54 Å². The molecule has 1 heterocycles. The van der Waals surface area contributed by atoms with Crippen molar-refractivity contribution in [1.29, 1.82) is 0 Å². The third-order valence-electron chi connectivity index (χ3n) is 5.32. The highest BCUT2D eigenvalue weighted by Crippen LogP contribution is 2.11. The zero-order valence-electron chi connectivity index (χ0n) is 18.7. The summed E-state index contributed by atoms with van der Waals surface area (Å²) in [6, 6.07) is 7.47. The Kier molecular flexibility index (Phi) is 9.94. The highest BCUT2D eigenvalue weighted by Gasteiger charge is 2.30. The molecule has 0 spiro atoms. The second-order valence-corrected chi connectivity index (χ2v) is 8.64. The number of aliphatic hydroxyl groups is 1. The molecule has 0 radical (unpaired) electrons. The van der Waals surface area contributed by atoms with Crippen LogP contribution in [0.2, 0.25) is 0 Å². The second-order valence-electron chi connectivity index (χ2n) is 8.64. The summed E-state index contributed by atoms with van der Waals surface area (Å²) in [5.74, 6) is -0.870. The van der Waals surface area contributed by atoms with E-state index in [0.29, 0.717) is 25.8 Å². The molecule has 0 aromatic heterocycles. The standard InChI is InChI=1S/C23H36N4O4/c1-15(2)13-19(22(30)26-18-11-7-8-12-24-21(18)29)27-23(31)20(25-16(3)28)14-17-9-5-4-6-10-17/h4-6,9-10,15,18-21,24,29H,7-8,11-14H2,1-3H3,(H,25,28)(H,26,30)(H,27,31)/t18-,19-,20-,21?/m0/s1. The van der Waals surface area contributed by atoms with E-state index in [1.54, 1.807) is 0 Å². The molecule has 1 saturated heterocycles. The number of benzene rings is 1. The molecule has 8 nitrogen and oxygen atoms in total. The lowest BCUT2D eigenvalue weighted by Gasteiger charge is -2.27. The monoisotopic (exact) mass is 432 g/mol. The van der Waals surface area contributed by atoms with Gasteiger partial charge in [-0.25, -0.2) is 0 Å². The summed E-state index contributed by atoms with van der Waals surface area (Å²) in [5.41, 5.74) is 0.911. The fourth-order valence-corrected chi connectivity index (χ4v) is 3.75. The summed E-state index contributed by atoms with van der Waals surface area (Å²) in [4.78, 5) is 37.7. The number of amides is 3. The highest BCUT2D eigenvalue weighted by molar-refractivity contribution is 5.92. The summed E-state index contributed by atoms with van der Waals surface area (Å²) < 4.78 is 0. The van der Waals surface area contributed by atoms with Crippen molar-refractivity contribution >= 4 is 17.7 Å². The molecule has 1 aromatic rings. The van der Waals surface area contributed by atoms with Gasteiger partial charge in [0.15, 0.2) is 0 Å². The number of hydrogen-bond donors (Lipinski definition) is 5. The molecule has 1 aliphatic rings. The maximum absolute atomic E-state index is 13.0. The molecule has 172 valence electrons. The maximum Gasteiger partial charge on any atom is 0.243 e. The van der Waals surface area contributed by atoms with Gasteiger partial charge in [-0.2, -0.15) is 0 Å². The SMILES string of the molecule is CC(=O)N[C@@H](Cc1ccccc1)C(=O)N[C@@H](CC(C)C)C(=O)N[C@H]1CCCCNC1O. The molecule has 5 N–H and O–H groups in total. The number of aliphatic hydroxyl groups excluding tert-OH is 1. The van der Waals surface area contributed by atoms with E-state index in [-0.39, 0.29) is 17.7 Å². The lowest BCUT2D eigenvalue weighted by molar-refractivity contribution is -0.132.